The van der Waals surface area contributed by atoms with Crippen LogP contribution in [0.5, 0.6) is 0 Å². The van der Waals surface area contributed by atoms with Crippen molar-refractivity contribution in [2.45, 2.75) is 31.3 Å². The number of sulfonamides is 1. The van der Waals surface area contributed by atoms with E-state index in [1.165, 1.54) is 18.2 Å². The van der Waals surface area contributed by atoms with Crippen molar-refractivity contribution in [3.8, 4) is 0 Å². The number of hydrogen-bond acceptors (Lipinski definition) is 4. The highest BCUT2D eigenvalue weighted by molar-refractivity contribution is 14.0. The van der Waals surface area contributed by atoms with Crippen LogP contribution in [0.2, 0.25) is 0 Å². The number of halogens is 1. The van der Waals surface area contributed by atoms with Gasteiger partial charge in [-0.3, -0.25) is 4.99 Å². The van der Waals surface area contributed by atoms with Crippen molar-refractivity contribution in [2.24, 2.45) is 4.99 Å². The number of hydrogen-bond donors (Lipinski definition) is 2. The normalized spacial score (nSPS) is 11.7. The Kier molecular flexibility index (Phi) is 12.1. The highest BCUT2D eigenvalue weighted by Crippen LogP contribution is 2.12. The zero-order chi connectivity index (χ0) is 22.0. The number of methoxy groups -OCH3 is 1. The lowest BCUT2D eigenvalue weighted by Gasteiger charge is -2.22. The molecule has 2 aromatic rings. The van der Waals surface area contributed by atoms with Crippen LogP contribution in [0, 0.1) is 0 Å². The molecule has 172 valence electrons. The number of nitrogens with zero attached hydrogens (tertiary/aromatic N) is 2. The third-order valence-electron chi connectivity index (χ3n) is 4.68. The number of guanidine groups is 1. The van der Waals surface area contributed by atoms with Gasteiger partial charge < -0.3 is 15.0 Å². The monoisotopic (exact) mass is 560 g/mol. The Morgan fingerprint density at radius 3 is 2.39 bits per heavy atom. The molecule has 0 radical (unpaired) electrons. The summed E-state index contributed by atoms with van der Waals surface area (Å²) < 4.78 is 32.2. The first-order chi connectivity index (χ1) is 14.4. The van der Waals surface area contributed by atoms with Crippen LogP contribution in [0.4, 0.5) is 0 Å². The van der Waals surface area contributed by atoms with E-state index in [1.807, 2.05) is 18.0 Å². The maximum atomic E-state index is 12.4. The van der Waals surface area contributed by atoms with E-state index in [-0.39, 0.29) is 35.4 Å². The molecule has 0 aromatic heterocycles. The van der Waals surface area contributed by atoms with Crippen LogP contribution >= 0.6 is 24.0 Å². The van der Waals surface area contributed by atoms with Gasteiger partial charge in [0.05, 0.1) is 11.5 Å². The Morgan fingerprint density at radius 2 is 1.77 bits per heavy atom. The Labute approximate surface area is 203 Å². The summed E-state index contributed by atoms with van der Waals surface area (Å²) in [6.45, 7) is 3.89. The molecule has 2 rings (SSSR count). The van der Waals surface area contributed by atoms with Gasteiger partial charge in [0.1, 0.15) is 0 Å². The number of aryl methyl sites for hydroxylation is 1. The van der Waals surface area contributed by atoms with Crippen molar-refractivity contribution in [2.75, 3.05) is 34.4 Å². The Bertz CT molecular complexity index is 934. The molecule has 0 bridgehead atoms. The Balaban J connectivity index is 0.00000480. The predicted molar refractivity (Wildman–Crippen MR) is 136 cm³/mol. The van der Waals surface area contributed by atoms with Gasteiger partial charge >= 0.3 is 0 Å². The fourth-order valence-electron chi connectivity index (χ4n) is 2.98. The first kappa shape index (κ1) is 27.3. The summed E-state index contributed by atoms with van der Waals surface area (Å²) in [5.41, 5.74) is 3.37. The maximum Gasteiger partial charge on any atom is 0.240 e. The van der Waals surface area contributed by atoms with Crippen LogP contribution in [0.3, 0.4) is 0 Å². The molecule has 0 spiro atoms. The molecule has 2 aromatic carbocycles. The molecule has 2 N–H and O–H groups in total. The van der Waals surface area contributed by atoms with Crippen LogP contribution < -0.4 is 10.0 Å². The quantitative estimate of drug-likeness (QED) is 0.202. The number of benzene rings is 2. The summed E-state index contributed by atoms with van der Waals surface area (Å²) in [4.78, 5) is 6.61. The largest absolute Gasteiger partial charge is 0.383 e. The van der Waals surface area contributed by atoms with E-state index in [2.05, 4.69) is 46.2 Å². The van der Waals surface area contributed by atoms with E-state index in [1.54, 1.807) is 25.2 Å². The fourth-order valence-corrected chi connectivity index (χ4v) is 4.06. The second-order valence-electron chi connectivity index (χ2n) is 6.96. The average Bonchev–Trinajstić information content (AvgIpc) is 2.75. The zero-order valence-corrected chi connectivity index (χ0v) is 21.7. The molecule has 0 saturated carbocycles. The Morgan fingerprint density at radius 1 is 1.10 bits per heavy atom. The summed E-state index contributed by atoms with van der Waals surface area (Å²) in [5.74, 6) is 0.737. The molecule has 0 unspecified atom stereocenters. The van der Waals surface area contributed by atoms with Crippen LogP contribution in [0.1, 0.15) is 23.6 Å². The summed E-state index contributed by atoms with van der Waals surface area (Å²) >= 11 is 0. The minimum Gasteiger partial charge on any atom is -0.383 e. The van der Waals surface area contributed by atoms with Crippen molar-refractivity contribution in [1.82, 2.24) is 14.9 Å². The molecule has 31 heavy (non-hydrogen) atoms. The summed E-state index contributed by atoms with van der Waals surface area (Å²) in [6.07, 6.45) is 1.02. The average molecular weight is 561 g/mol. The fraction of sp³-hybridized carbons (Fsp3) is 0.409. The van der Waals surface area contributed by atoms with Gasteiger partial charge in [0.2, 0.25) is 10.0 Å². The minimum absolute atomic E-state index is 0. The van der Waals surface area contributed by atoms with Crippen LogP contribution in [-0.4, -0.2) is 53.6 Å². The van der Waals surface area contributed by atoms with Gasteiger partial charge in [0.25, 0.3) is 0 Å². The van der Waals surface area contributed by atoms with E-state index >= 15 is 0 Å². The number of aliphatic imine (C=N–C) groups is 1. The smallest absolute Gasteiger partial charge is 0.240 e. The first-order valence-electron chi connectivity index (χ1n) is 9.96. The number of nitrogens with one attached hydrogen (secondary N) is 2. The first-order valence-corrected chi connectivity index (χ1v) is 11.4. The molecule has 0 fully saturated rings. The number of ether oxygens (including phenoxy) is 1. The second-order valence-corrected chi connectivity index (χ2v) is 8.73. The summed E-state index contributed by atoms with van der Waals surface area (Å²) in [7, 11) is 1.68. The molecule has 0 saturated heterocycles. The molecule has 7 nitrogen and oxygen atoms in total. The molecule has 9 heteroatoms. The summed E-state index contributed by atoms with van der Waals surface area (Å²) in [6, 6.07) is 15.4. The van der Waals surface area contributed by atoms with E-state index in [9.17, 15) is 8.42 Å². The molecule has 0 aliphatic carbocycles. The van der Waals surface area contributed by atoms with Gasteiger partial charge in [0, 0.05) is 40.8 Å². The topological polar surface area (TPSA) is 83.0 Å². The maximum absolute atomic E-state index is 12.4. The van der Waals surface area contributed by atoms with Gasteiger partial charge in [-0.15, -0.1) is 24.0 Å². The van der Waals surface area contributed by atoms with E-state index in [0.717, 1.165) is 24.5 Å². The lowest BCUT2D eigenvalue weighted by molar-refractivity contribution is 0.204. The van der Waals surface area contributed by atoms with Crippen molar-refractivity contribution >= 4 is 40.0 Å². The lowest BCUT2D eigenvalue weighted by Crippen LogP contribution is -2.38. The van der Waals surface area contributed by atoms with Gasteiger partial charge in [0.15, 0.2) is 5.96 Å². The predicted octanol–water partition coefficient (Wildman–Crippen LogP) is 3.00. The van der Waals surface area contributed by atoms with Crippen LogP contribution in [0.25, 0.3) is 0 Å². The van der Waals surface area contributed by atoms with Crippen molar-refractivity contribution in [1.29, 1.82) is 0 Å². The van der Waals surface area contributed by atoms with Crippen LogP contribution in [-0.2, 0) is 34.3 Å². The molecule has 0 aliphatic rings. The molecular weight excluding hydrogens is 527 g/mol. The highest BCUT2D eigenvalue weighted by atomic mass is 127. The van der Waals surface area contributed by atoms with E-state index < -0.39 is 10.0 Å². The van der Waals surface area contributed by atoms with Gasteiger partial charge in [-0.25, -0.2) is 13.1 Å². The highest BCUT2D eigenvalue weighted by Gasteiger charge is 2.14. The third-order valence-corrected chi connectivity index (χ3v) is 6.14. The molecule has 0 aliphatic heterocycles. The van der Waals surface area contributed by atoms with Crippen molar-refractivity contribution in [3.63, 3.8) is 0 Å². The Hall–Kier alpha value is -1.69. The third kappa shape index (κ3) is 8.76. The second kappa shape index (κ2) is 13.7. The lowest BCUT2D eigenvalue weighted by atomic mass is 10.1. The van der Waals surface area contributed by atoms with Gasteiger partial charge in [-0.05, 0) is 35.2 Å². The minimum atomic E-state index is -3.56. The van der Waals surface area contributed by atoms with E-state index in [0.29, 0.717) is 13.2 Å². The molecule has 0 heterocycles. The van der Waals surface area contributed by atoms with Gasteiger partial charge in [-0.1, -0.05) is 43.3 Å². The molecule has 0 atom stereocenters. The number of rotatable bonds is 10. The van der Waals surface area contributed by atoms with Crippen molar-refractivity contribution < 1.29 is 13.2 Å². The van der Waals surface area contributed by atoms with Gasteiger partial charge in [-0.2, -0.15) is 0 Å². The van der Waals surface area contributed by atoms with Crippen LogP contribution in [0.15, 0.2) is 58.4 Å². The molecule has 0 amide bonds. The summed E-state index contributed by atoms with van der Waals surface area (Å²) in [5, 5.41) is 3.30. The standard InChI is InChI=1S/C22H32N4O3S.HI/c1-5-18-9-11-19(12-10-18)17-26(3)22(23-2)24-16-20-7-6-8-21(15-20)30(27,28)25-13-14-29-4;/h6-12,15,25H,5,13-14,16-17H2,1-4H3,(H,23,24);1H. The SMILES string of the molecule is CCc1ccc(CN(C)C(=NC)NCc2cccc(S(=O)(=O)NCCOC)c2)cc1.I. The molecular formula is C22H33IN4O3S. The zero-order valence-electron chi connectivity index (χ0n) is 18.6. The van der Waals surface area contributed by atoms with Crippen molar-refractivity contribution in [3.05, 3.63) is 65.2 Å². The van der Waals surface area contributed by atoms with E-state index in [4.69, 9.17) is 4.74 Å².